The second kappa shape index (κ2) is 4.23. The lowest BCUT2D eigenvalue weighted by atomic mass is 10.0. The van der Waals surface area contributed by atoms with E-state index in [0.29, 0.717) is 0 Å². The van der Waals surface area contributed by atoms with E-state index in [-0.39, 0.29) is 0 Å². The maximum absolute atomic E-state index is 3.39. The number of hydrogen-bond donors (Lipinski definition) is 1. The Kier molecular flexibility index (Phi) is 2.96. The van der Waals surface area contributed by atoms with Crippen LogP contribution in [0.5, 0.6) is 0 Å². The molecule has 1 N–H and O–H groups in total. The highest BCUT2D eigenvalue weighted by atomic mass is 15.2. The number of piperazine rings is 1. The van der Waals surface area contributed by atoms with E-state index in [9.17, 15) is 0 Å². The molecule has 1 aromatic carbocycles. The number of anilines is 1. The van der Waals surface area contributed by atoms with Gasteiger partial charge in [-0.15, -0.1) is 0 Å². The molecule has 15 heavy (non-hydrogen) atoms. The number of rotatable bonds is 1. The molecule has 1 aromatic rings. The van der Waals surface area contributed by atoms with Crippen LogP contribution in [0.1, 0.15) is 16.7 Å². The van der Waals surface area contributed by atoms with Gasteiger partial charge in [0, 0.05) is 31.9 Å². The van der Waals surface area contributed by atoms with Crippen molar-refractivity contribution in [3.63, 3.8) is 0 Å². The molecule has 1 saturated heterocycles. The van der Waals surface area contributed by atoms with E-state index >= 15 is 0 Å². The predicted molar refractivity (Wildman–Crippen MR) is 65.7 cm³/mol. The van der Waals surface area contributed by atoms with Gasteiger partial charge in [-0.1, -0.05) is 17.7 Å². The summed E-state index contributed by atoms with van der Waals surface area (Å²) in [4.78, 5) is 2.50. The van der Waals surface area contributed by atoms with Crippen LogP contribution in [0.15, 0.2) is 12.1 Å². The summed E-state index contributed by atoms with van der Waals surface area (Å²) in [6.07, 6.45) is 0. The third kappa shape index (κ3) is 2.15. The quantitative estimate of drug-likeness (QED) is 0.753. The van der Waals surface area contributed by atoms with Gasteiger partial charge in [-0.05, 0) is 31.9 Å². The molecule has 1 fully saturated rings. The molecule has 1 heterocycles. The summed E-state index contributed by atoms with van der Waals surface area (Å²) in [6, 6.07) is 4.56. The first-order chi connectivity index (χ1) is 7.18. The van der Waals surface area contributed by atoms with Gasteiger partial charge in [-0.3, -0.25) is 0 Å². The summed E-state index contributed by atoms with van der Waals surface area (Å²) in [5.41, 5.74) is 5.63. The first kappa shape index (κ1) is 10.5. The molecule has 0 spiro atoms. The van der Waals surface area contributed by atoms with Crippen molar-refractivity contribution in [1.82, 2.24) is 5.32 Å². The van der Waals surface area contributed by atoms with E-state index in [1.807, 2.05) is 0 Å². The van der Waals surface area contributed by atoms with Gasteiger partial charge in [0.15, 0.2) is 0 Å². The van der Waals surface area contributed by atoms with E-state index in [4.69, 9.17) is 0 Å². The van der Waals surface area contributed by atoms with E-state index in [2.05, 4.69) is 43.1 Å². The van der Waals surface area contributed by atoms with Gasteiger partial charge in [-0.25, -0.2) is 0 Å². The largest absolute Gasteiger partial charge is 0.369 e. The van der Waals surface area contributed by atoms with Crippen molar-refractivity contribution in [3.05, 3.63) is 28.8 Å². The van der Waals surface area contributed by atoms with E-state index in [0.717, 1.165) is 26.2 Å². The third-order valence-electron chi connectivity index (χ3n) is 3.07. The summed E-state index contributed by atoms with van der Waals surface area (Å²) in [6.45, 7) is 11.1. The fourth-order valence-electron chi connectivity index (χ4n) is 2.56. The van der Waals surface area contributed by atoms with Crippen molar-refractivity contribution in [2.24, 2.45) is 0 Å². The zero-order valence-corrected chi connectivity index (χ0v) is 9.93. The minimum atomic E-state index is 1.10. The average Bonchev–Trinajstić information content (AvgIpc) is 2.17. The molecule has 2 heteroatoms. The van der Waals surface area contributed by atoms with Crippen LogP contribution in [0.25, 0.3) is 0 Å². The van der Waals surface area contributed by atoms with Crippen LogP contribution in [-0.4, -0.2) is 26.2 Å². The molecule has 0 aromatic heterocycles. The smallest absolute Gasteiger partial charge is 0.0426 e. The van der Waals surface area contributed by atoms with Crippen LogP contribution >= 0.6 is 0 Å². The minimum Gasteiger partial charge on any atom is -0.369 e. The fraction of sp³-hybridized carbons (Fsp3) is 0.538. The highest BCUT2D eigenvalue weighted by Gasteiger charge is 2.14. The molecule has 0 amide bonds. The Bertz CT molecular complexity index is 329. The third-order valence-corrected chi connectivity index (χ3v) is 3.07. The molecule has 1 aliphatic rings. The maximum Gasteiger partial charge on any atom is 0.0426 e. The Morgan fingerprint density at radius 3 is 2.07 bits per heavy atom. The number of nitrogens with zero attached hydrogens (tertiary/aromatic N) is 1. The van der Waals surface area contributed by atoms with Crippen molar-refractivity contribution < 1.29 is 0 Å². The van der Waals surface area contributed by atoms with Gasteiger partial charge in [0.05, 0.1) is 0 Å². The number of benzene rings is 1. The van der Waals surface area contributed by atoms with Crippen LogP contribution in [0, 0.1) is 20.8 Å². The van der Waals surface area contributed by atoms with Gasteiger partial charge < -0.3 is 10.2 Å². The average molecular weight is 204 g/mol. The van der Waals surface area contributed by atoms with E-state index in [1.165, 1.54) is 22.4 Å². The fourth-order valence-corrected chi connectivity index (χ4v) is 2.56. The van der Waals surface area contributed by atoms with Crippen molar-refractivity contribution >= 4 is 5.69 Å². The Balaban J connectivity index is 2.33. The second-order valence-electron chi connectivity index (χ2n) is 4.48. The zero-order valence-electron chi connectivity index (χ0n) is 9.93. The van der Waals surface area contributed by atoms with E-state index in [1.54, 1.807) is 0 Å². The van der Waals surface area contributed by atoms with Crippen molar-refractivity contribution in [2.45, 2.75) is 20.8 Å². The van der Waals surface area contributed by atoms with Crippen molar-refractivity contribution in [2.75, 3.05) is 31.1 Å². The molecule has 1 aliphatic heterocycles. The molecule has 0 bridgehead atoms. The molecule has 2 nitrogen and oxygen atoms in total. The topological polar surface area (TPSA) is 15.3 Å². The van der Waals surface area contributed by atoms with Gasteiger partial charge in [-0.2, -0.15) is 0 Å². The molecule has 0 radical (unpaired) electrons. The number of nitrogens with one attached hydrogen (secondary N) is 1. The summed E-state index contributed by atoms with van der Waals surface area (Å²) in [5, 5.41) is 3.39. The highest BCUT2D eigenvalue weighted by Crippen LogP contribution is 2.26. The lowest BCUT2D eigenvalue weighted by Gasteiger charge is -2.32. The Morgan fingerprint density at radius 2 is 1.53 bits per heavy atom. The number of aryl methyl sites for hydroxylation is 3. The Labute approximate surface area is 92.3 Å². The van der Waals surface area contributed by atoms with Crippen LogP contribution in [-0.2, 0) is 0 Å². The van der Waals surface area contributed by atoms with Gasteiger partial charge >= 0.3 is 0 Å². The highest BCUT2D eigenvalue weighted by molar-refractivity contribution is 5.60. The first-order valence-electron chi connectivity index (χ1n) is 5.72. The molecular formula is C13H20N2. The molecule has 82 valence electrons. The van der Waals surface area contributed by atoms with Crippen LogP contribution in [0.4, 0.5) is 5.69 Å². The molecular weight excluding hydrogens is 184 g/mol. The minimum absolute atomic E-state index is 1.10. The molecule has 0 aliphatic carbocycles. The summed E-state index contributed by atoms with van der Waals surface area (Å²) < 4.78 is 0. The summed E-state index contributed by atoms with van der Waals surface area (Å²) in [7, 11) is 0. The summed E-state index contributed by atoms with van der Waals surface area (Å²) >= 11 is 0. The first-order valence-corrected chi connectivity index (χ1v) is 5.72. The molecule has 0 unspecified atom stereocenters. The van der Waals surface area contributed by atoms with Crippen LogP contribution < -0.4 is 10.2 Å². The molecule has 2 rings (SSSR count). The van der Waals surface area contributed by atoms with Crippen LogP contribution in [0.2, 0.25) is 0 Å². The predicted octanol–water partition coefficient (Wildman–Crippen LogP) is 2.02. The lowest BCUT2D eigenvalue weighted by Crippen LogP contribution is -2.44. The van der Waals surface area contributed by atoms with Gasteiger partial charge in [0.1, 0.15) is 0 Å². The monoisotopic (exact) mass is 204 g/mol. The Morgan fingerprint density at radius 1 is 1.00 bits per heavy atom. The number of hydrogen-bond acceptors (Lipinski definition) is 2. The SMILES string of the molecule is Cc1cc(C)c(N2CCNCC2)c(C)c1. The molecule has 0 atom stereocenters. The maximum atomic E-state index is 3.39. The van der Waals surface area contributed by atoms with Crippen molar-refractivity contribution in [1.29, 1.82) is 0 Å². The molecule has 0 saturated carbocycles. The standard InChI is InChI=1S/C13H20N2/c1-10-8-11(2)13(12(3)9-10)15-6-4-14-5-7-15/h8-9,14H,4-7H2,1-3H3. The van der Waals surface area contributed by atoms with Crippen molar-refractivity contribution in [3.8, 4) is 0 Å². The second-order valence-corrected chi connectivity index (χ2v) is 4.48. The lowest BCUT2D eigenvalue weighted by molar-refractivity contribution is 0.587. The van der Waals surface area contributed by atoms with E-state index < -0.39 is 0 Å². The normalized spacial score (nSPS) is 16.9. The summed E-state index contributed by atoms with van der Waals surface area (Å²) in [5.74, 6) is 0. The van der Waals surface area contributed by atoms with Gasteiger partial charge in [0.2, 0.25) is 0 Å². The van der Waals surface area contributed by atoms with Gasteiger partial charge in [0.25, 0.3) is 0 Å². The van der Waals surface area contributed by atoms with Crippen LogP contribution in [0.3, 0.4) is 0 Å². The zero-order chi connectivity index (χ0) is 10.8. The Hall–Kier alpha value is -1.02.